The number of furan rings is 1. The largest absolute Gasteiger partial charge is 0.493 e. The molecule has 1 amide bonds. The summed E-state index contributed by atoms with van der Waals surface area (Å²) in [5.41, 5.74) is 1.33. The number of halogens is 2. The average molecular weight is 365 g/mol. The Kier molecular flexibility index (Phi) is 5.15. The highest BCUT2D eigenvalue weighted by atomic mass is 19.3. The molecule has 2 aromatic rings. The van der Waals surface area contributed by atoms with Crippen LogP contribution in [0, 0.1) is 13.8 Å². The fourth-order valence-electron chi connectivity index (χ4n) is 2.95. The van der Waals surface area contributed by atoms with Gasteiger partial charge >= 0.3 is 6.61 Å². The molecule has 5 nitrogen and oxygen atoms in total. The molecule has 1 aromatic carbocycles. The Morgan fingerprint density at radius 3 is 2.54 bits per heavy atom. The van der Waals surface area contributed by atoms with Crippen molar-refractivity contribution in [2.24, 2.45) is 0 Å². The van der Waals surface area contributed by atoms with Gasteiger partial charge in [-0.05, 0) is 50.5 Å². The van der Waals surface area contributed by atoms with Crippen LogP contribution in [-0.4, -0.2) is 30.6 Å². The van der Waals surface area contributed by atoms with E-state index in [2.05, 4.69) is 4.74 Å². The SMILES string of the molecule is COc1cc(CN(C(=O)c2cc(C)oc2C)C2CC2)ccc1OC(F)F. The molecule has 1 heterocycles. The van der Waals surface area contributed by atoms with Crippen LogP contribution in [-0.2, 0) is 6.54 Å². The van der Waals surface area contributed by atoms with E-state index >= 15 is 0 Å². The molecule has 26 heavy (non-hydrogen) atoms. The summed E-state index contributed by atoms with van der Waals surface area (Å²) in [6.07, 6.45) is 1.90. The van der Waals surface area contributed by atoms with Crippen LogP contribution < -0.4 is 9.47 Å². The molecule has 1 saturated carbocycles. The highest BCUT2D eigenvalue weighted by Crippen LogP contribution is 2.34. The molecule has 0 bridgehead atoms. The Labute approximate surface area is 150 Å². The number of carbonyl (C=O) groups excluding carboxylic acids is 1. The fourth-order valence-corrected chi connectivity index (χ4v) is 2.95. The maximum atomic E-state index is 12.9. The minimum Gasteiger partial charge on any atom is -0.493 e. The zero-order valence-corrected chi connectivity index (χ0v) is 14.9. The van der Waals surface area contributed by atoms with Crippen LogP contribution in [0.5, 0.6) is 11.5 Å². The van der Waals surface area contributed by atoms with E-state index in [1.807, 2.05) is 0 Å². The van der Waals surface area contributed by atoms with Gasteiger partial charge in [0, 0.05) is 12.6 Å². The highest BCUT2D eigenvalue weighted by molar-refractivity contribution is 5.95. The van der Waals surface area contributed by atoms with Gasteiger partial charge in [0.15, 0.2) is 11.5 Å². The summed E-state index contributed by atoms with van der Waals surface area (Å²) >= 11 is 0. The molecule has 1 fully saturated rings. The maximum absolute atomic E-state index is 12.9. The maximum Gasteiger partial charge on any atom is 0.387 e. The number of hydrogen-bond acceptors (Lipinski definition) is 4. The summed E-state index contributed by atoms with van der Waals surface area (Å²) in [7, 11) is 1.39. The Bertz CT molecular complexity index is 799. The molecular weight excluding hydrogens is 344 g/mol. The second-order valence-electron chi connectivity index (χ2n) is 6.35. The number of hydrogen-bond donors (Lipinski definition) is 0. The average Bonchev–Trinajstić information content (AvgIpc) is 3.37. The number of ether oxygens (including phenoxy) is 2. The predicted molar refractivity (Wildman–Crippen MR) is 90.7 cm³/mol. The van der Waals surface area contributed by atoms with Crippen LogP contribution in [0.1, 0.15) is 40.3 Å². The van der Waals surface area contributed by atoms with E-state index in [4.69, 9.17) is 9.15 Å². The molecule has 0 spiro atoms. The second-order valence-corrected chi connectivity index (χ2v) is 6.35. The van der Waals surface area contributed by atoms with Gasteiger partial charge in [-0.2, -0.15) is 8.78 Å². The number of methoxy groups -OCH3 is 1. The number of aryl methyl sites for hydroxylation is 2. The van der Waals surface area contributed by atoms with Gasteiger partial charge in [0.1, 0.15) is 11.5 Å². The third kappa shape index (κ3) is 3.98. The Morgan fingerprint density at radius 2 is 2.00 bits per heavy atom. The lowest BCUT2D eigenvalue weighted by Gasteiger charge is -2.23. The second kappa shape index (κ2) is 7.35. The molecule has 3 rings (SSSR count). The fraction of sp³-hybridized carbons (Fsp3) is 0.421. The number of benzene rings is 1. The minimum atomic E-state index is -2.92. The Balaban J connectivity index is 1.82. The van der Waals surface area contributed by atoms with Gasteiger partial charge in [0.2, 0.25) is 0 Å². The number of nitrogens with zero attached hydrogens (tertiary/aromatic N) is 1. The summed E-state index contributed by atoms with van der Waals surface area (Å²) in [4.78, 5) is 14.7. The van der Waals surface area contributed by atoms with E-state index in [0.717, 1.165) is 18.4 Å². The van der Waals surface area contributed by atoms with Crippen molar-refractivity contribution >= 4 is 5.91 Å². The first kappa shape index (κ1) is 18.2. The van der Waals surface area contributed by atoms with Crippen LogP contribution in [0.2, 0.25) is 0 Å². The zero-order chi connectivity index (χ0) is 18.8. The molecule has 0 N–H and O–H groups in total. The van der Waals surface area contributed by atoms with E-state index in [1.54, 1.807) is 36.9 Å². The molecule has 1 aliphatic rings. The van der Waals surface area contributed by atoms with E-state index in [1.165, 1.54) is 13.2 Å². The molecule has 1 aromatic heterocycles. The van der Waals surface area contributed by atoms with Gasteiger partial charge in [-0.3, -0.25) is 4.79 Å². The van der Waals surface area contributed by atoms with Crippen molar-refractivity contribution in [1.82, 2.24) is 4.90 Å². The van der Waals surface area contributed by atoms with E-state index < -0.39 is 6.61 Å². The summed E-state index contributed by atoms with van der Waals surface area (Å²) in [6, 6.07) is 6.64. The first-order chi connectivity index (χ1) is 12.4. The van der Waals surface area contributed by atoms with Crippen LogP contribution >= 0.6 is 0 Å². The monoisotopic (exact) mass is 365 g/mol. The van der Waals surface area contributed by atoms with Crippen LogP contribution in [0.25, 0.3) is 0 Å². The topological polar surface area (TPSA) is 51.9 Å². The van der Waals surface area contributed by atoms with Crippen molar-refractivity contribution in [2.75, 3.05) is 7.11 Å². The standard InChI is InChI=1S/C19H21F2NO4/c1-11-8-15(12(2)25-11)18(23)22(14-5-6-14)10-13-4-7-16(26-19(20)21)17(9-13)24-3/h4,7-9,14,19H,5-6,10H2,1-3H3. The molecule has 0 saturated heterocycles. The van der Waals surface area contributed by atoms with Crippen molar-refractivity contribution in [3.05, 3.63) is 46.9 Å². The first-order valence-corrected chi connectivity index (χ1v) is 8.38. The normalized spacial score (nSPS) is 13.8. The molecule has 7 heteroatoms. The van der Waals surface area contributed by atoms with Crippen molar-refractivity contribution < 1.29 is 27.5 Å². The molecule has 0 aliphatic heterocycles. The number of alkyl halides is 2. The van der Waals surface area contributed by atoms with Gasteiger partial charge in [-0.25, -0.2) is 0 Å². The van der Waals surface area contributed by atoms with Crippen molar-refractivity contribution in [3.63, 3.8) is 0 Å². The van der Waals surface area contributed by atoms with Crippen molar-refractivity contribution in [3.8, 4) is 11.5 Å². The quantitative estimate of drug-likeness (QED) is 0.734. The molecule has 140 valence electrons. The van der Waals surface area contributed by atoms with Crippen molar-refractivity contribution in [1.29, 1.82) is 0 Å². The van der Waals surface area contributed by atoms with E-state index in [-0.39, 0.29) is 23.4 Å². The summed E-state index contributed by atoms with van der Waals surface area (Å²) in [5, 5.41) is 0. The minimum absolute atomic E-state index is 0.0307. The summed E-state index contributed by atoms with van der Waals surface area (Å²) in [6.45, 7) is 1.01. The molecular formula is C19H21F2NO4. The molecule has 0 atom stereocenters. The van der Waals surface area contributed by atoms with Gasteiger partial charge in [0.05, 0.1) is 12.7 Å². The molecule has 0 unspecified atom stereocenters. The zero-order valence-electron chi connectivity index (χ0n) is 14.9. The Hall–Kier alpha value is -2.57. The van der Waals surface area contributed by atoms with E-state index in [9.17, 15) is 13.6 Å². The number of rotatable bonds is 7. The smallest absolute Gasteiger partial charge is 0.387 e. The van der Waals surface area contributed by atoms with Crippen molar-refractivity contribution in [2.45, 2.75) is 45.9 Å². The van der Waals surface area contributed by atoms with Gasteiger partial charge in [-0.15, -0.1) is 0 Å². The summed E-state index contributed by atoms with van der Waals surface area (Å²) < 4.78 is 40.0. The third-order valence-corrected chi connectivity index (χ3v) is 4.32. The highest BCUT2D eigenvalue weighted by Gasteiger charge is 2.34. The summed E-state index contributed by atoms with van der Waals surface area (Å²) in [5.74, 6) is 1.38. The Morgan fingerprint density at radius 1 is 1.27 bits per heavy atom. The first-order valence-electron chi connectivity index (χ1n) is 8.38. The third-order valence-electron chi connectivity index (χ3n) is 4.32. The number of amides is 1. The lowest BCUT2D eigenvalue weighted by atomic mass is 10.1. The number of carbonyl (C=O) groups is 1. The molecule has 0 radical (unpaired) electrons. The van der Waals surface area contributed by atoms with Gasteiger partial charge in [-0.1, -0.05) is 6.07 Å². The van der Waals surface area contributed by atoms with Crippen LogP contribution in [0.3, 0.4) is 0 Å². The van der Waals surface area contributed by atoms with Crippen LogP contribution in [0.15, 0.2) is 28.7 Å². The lowest BCUT2D eigenvalue weighted by molar-refractivity contribution is -0.0512. The van der Waals surface area contributed by atoms with Gasteiger partial charge < -0.3 is 18.8 Å². The van der Waals surface area contributed by atoms with Gasteiger partial charge in [0.25, 0.3) is 5.91 Å². The van der Waals surface area contributed by atoms with E-state index in [0.29, 0.717) is 23.6 Å². The lowest BCUT2D eigenvalue weighted by Crippen LogP contribution is -2.32. The predicted octanol–water partition coefficient (Wildman–Crippen LogP) is 4.31. The molecule has 1 aliphatic carbocycles. The van der Waals surface area contributed by atoms with Crippen LogP contribution in [0.4, 0.5) is 8.78 Å².